The molecule has 0 radical (unpaired) electrons. The van der Waals surface area contributed by atoms with Gasteiger partial charge in [-0.1, -0.05) is 60.2 Å². The Morgan fingerprint density at radius 2 is 1.71 bits per heavy atom. The van der Waals surface area contributed by atoms with Crippen LogP contribution in [0.25, 0.3) is 11.2 Å². The first kappa shape index (κ1) is 20.3. The number of fused-ring (bicyclic) bond motifs is 1. The number of hydrogen-bond acceptors (Lipinski definition) is 5. The first-order valence-electron chi connectivity index (χ1n) is 10.0. The van der Waals surface area contributed by atoms with Gasteiger partial charge in [0.2, 0.25) is 5.95 Å². The van der Waals surface area contributed by atoms with Gasteiger partial charge < -0.3 is 4.57 Å². The standard InChI is InChI=1S/C23H24N6O2/c1-16-9-11-18(12-10-16)15-24-26-22-25-20-19(21(30)28(3)23(31)27(20)2)29(22)14-13-17-7-5-4-6-8-17/h4-12,15H,13-14H2,1-3H3,(H,25,26)/b24-15-. The predicted octanol–water partition coefficient (Wildman–Crippen LogP) is 2.43. The van der Waals surface area contributed by atoms with Gasteiger partial charge in [0.15, 0.2) is 11.2 Å². The molecule has 0 aliphatic heterocycles. The summed E-state index contributed by atoms with van der Waals surface area (Å²) in [5, 5.41) is 4.30. The molecule has 0 aliphatic carbocycles. The predicted molar refractivity (Wildman–Crippen MR) is 123 cm³/mol. The molecule has 0 unspecified atom stereocenters. The Labute approximate surface area is 179 Å². The van der Waals surface area contributed by atoms with E-state index >= 15 is 0 Å². The molecule has 158 valence electrons. The second-order valence-corrected chi connectivity index (χ2v) is 7.48. The molecule has 0 aliphatic rings. The highest BCUT2D eigenvalue weighted by atomic mass is 16.2. The topological polar surface area (TPSA) is 86.2 Å². The van der Waals surface area contributed by atoms with Gasteiger partial charge >= 0.3 is 5.69 Å². The number of aromatic nitrogens is 4. The summed E-state index contributed by atoms with van der Waals surface area (Å²) in [6.07, 6.45) is 2.39. The van der Waals surface area contributed by atoms with E-state index in [1.54, 1.807) is 17.8 Å². The van der Waals surface area contributed by atoms with Crippen LogP contribution in [-0.2, 0) is 27.1 Å². The lowest BCUT2D eigenvalue weighted by Crippen LogP contribution is -2.37. The van der Waals surface area contributed by atoms with Crippen molar-refractivity contribution in [1.29, 1.82) is 0 Å². The van der Waals surface area contributed by atoms with E-state index in [1.807, 2.05) is 61.5 Å². The van der Waals surface area contributed by atoms with Crippen molar-refractivity contribution in [3.8, 4) is 0 Å². The Hall–Kier alpha value is -3.94. The van der Waals surface area contributed by atoms with E-state index in [4.69, 9.17) is 0 Å². The van der Waals surface area contributed by atoms with E-state index in [-0.39, 0.29) is 5.56 Å². The molecule has 4 rings (SSSR count). The zero-order valence-electron chi connectivity index (χ0n) is 17.7. The van der Waals surface area contributed by atoms with Gasteiger partial charge in [-0.2, -0.15) is 10.1 Å². The smallest absolute Gasteiger partial charge is 0.303 e. The van der Waals surface area contributed by atoms with Gasteiger partial charge in [-0.15, -0.1) is 0 Å². The van der Waals surface area contributed by atoms with Gasteiger partial charge in [0, 0.05) is 20.6 Å². The Bertz CT molecular complexity index is 1360. The van der Waals surface area contributed by atoms with E-state index in [9.17, 15) is 9.59 Å². The second kappa shape index (κ2) is 8.43. The van der Waals surface area contributed by atoms with E-state index in [2.05, 4.69) is 15.5 Å². The highest BCUT2D eigenvalue weighted by Crippen LogP contribution is 2.17. The SMILES string of the molecule is Cc1ccc(/C=N\Nc2nc3c(c(=O)n(C)c(=O)n3C)n2CCc2ccccc2)cc1. The van der Waals surface area contributed by atoms with Crippen LogP contribution in [0.1, 0.15) is 16.7 Å². The van der Waals surface area contributed by atoms with Crippen molar-refractivity contribution in [2.24, 2.45) is 19.2 Å². The summed E-state index contributed by atoms with van der Waals surface area (Å²) >= 11 is 0. The molecule has 8 heteroatoms. The summed E-state index contributed by atoms with van der Waals surface area (Å²) < 4.78 is 4.27. The summed E-state index contributed by atoms with van der Waals surface area (Å²) in [6, 6.07) is 18.0. The third-order valence-corrected chi connectivity index (χ3v) is 5.27. The van der Waals surface area contributed by atoms with Gasteiger partial charge in [-0.25, -0.2) is 10.2 Å². The van der Waals surface area contributed by atoms with Crippen LogP contribution in [0.5, 0.6) is 0 Å². The van der Waals surface area contributed by atoms with Crippen molar-refractivity contribution in [3.05, 3.63) is 92.1 Å². The lowest BCUT2D eigenvalue weighted by atomic mass is 10.1. The van der Waals surface area contributed by atoms with E-state index in [1.165, 1.54) is 17.2 Å². The van der Waals surface area contributed by atoms with Crippen molar-refractivity contribution < 1.29 is 0 Å². The zero-order chi connectivity index (χ0) is 22.0. The third kappa shape index (κ3) is 4.05. The highest BCUT2D eigenvalue weighted by molar-refractivity contribution is 5.80. The Morgan fingerprint density at radius 1 is 1.00 bits per heavy atom. The van der Waals surface area contributed by atoms with Crippen LogP contribution in [0, 0.1) is 6.92 Å². The number of aryl methyl sites for hydroxylation is 4. The monoisotopic (exact) mass is 416 g/mol. The normalized spacial score (nSPS) is 11.5. The van der Waals surface area contributed by atoms with Crippen molar-refractivity contribution in [3.63, 3.8) is 0 Å². The molecule has 8 nitrogen and oxygen atoms in total. The number of rotatable bonds is 6. The molecular weight excluding hydrogens is 392 g/mol. The first-order chi connectivity index (χ1) is 15.0. The van der Waals surface area contributed by atoms with Crippen LogP contribution in [0.2, 0.25) is 0 Å². The van der Waals surface area contributed by atoms with Crippen molar-refractivity contribution in [1.82, 2.24) is 18.7 Å². The molecule has 2 aromatic heterocycles. The number of hydrazone groups is 1. The summed E-state index contributed by atoms with van der Waals surface area (Å²) in [5.41, 5.74) is 6.10. The molecule has 0 bridgehead atoms. The number of benzene rings is 2. The number of nitrogens with zero attached hydrogens (tertiary/aromatic N) is 5. The van der Waals surface area contributed by atoms with Gasteiger partial charge in [0.1, 0.15) is 0 Å². The van der Waals surface area contributed by atoms with Gasteiger partial charge in [-0.3, -0.25) is 13.9 Å². The van der Waals surface area contributed by atoms with E-state index in [0.29, 0.717) is 30.1 Å². The minimum absolute atomic E-state index is 0.328. The van der Waals surface area contributed by atoms with Crippen molar-refractivity contribution in [2.75, 3.05) is 5.43 Å². The molecule has 2 heterocycles. The third-order valence-electron chi connectivity index (χ3n) is 5.27. The zero-order valence-corrected chi connectivity index (χ0v) is 17.7. The molecule has 0 spiro atoms. The van der Waals surface area contributed by atoms with Gasteiger partial charge in [-0.05, 0) is 24.5 Å². The Kier molecular flexibility index (Phi) is 5.53. The molecular formula is C23H24N6O2. The summed E-state index contributed by atoms with van der Waals surface area (Å²) in [4.78, 5) is 29.8. The maximum Gasteiger partial charge on any atom is 0.332 e. The molecule has 0 saturated heterocycles. The number of imidazole rings is 1. The van der Waals surface area contributed by atoms with Crippen molar-refractivity contribution in [2.45, 2.75) is 19.9 Å². The summed E-state index contributed by atoms with van der Waals surface area (Å²) in [5.74, 6) is 0.410. The van der Waals surface area contributed by atoms with Gasteiger partial charge in [0.05, 0.1) is 6.21 Å². The van der Waals surface area contributed by atoms with Crippen LogP contribution >= 0.6 is 0 Å². The minimum atomic E-state index is -0.417. The highest BCUT2D eigenvalue weighted by Gasteiger charge is 2.18. The molecule has 2 aromatic carbocycles. The molecule has 0 fully saturated rings. The van der Waals surface area contributed by atoms with Crippen LogP contribution in [0.15, 0.2) is 69.3 Å². The fourth-order valence-electron chi connectivity index (χ4n) is 3.45. The quantitative estimate of drug-likeness (QED) is 0.386. The lowest BCUT2D eigenvalue weighted by molar-refractivity contribution is 0.687. The minimum Gasteiger partial charge on any atom is -0.303 e. The average molecular weight is 416 g/mol. The maximum atomic E-state index is 12.9. The van der Waals surface area contributed by atoms with Crippen LogP contribution in [0.4, 0.5) is 5.95 Å². The fraction of sp³-hybridized carbons (Fsp3) is 0.217. The van der Waals surface area contributed by atoms with Gasteiger partial charge in [0.25, 0.3) is 5.56 Å². The van der Waals surface area contributed by atoms with Crippen LogP contribution < -0.4 is 16.7 Å². The number of anilines is 1. The van der Waals surface area contributed by atoms with Crippen LogP contribution in [-0.4, -0.2) is 24.9 Å². The van der Waals surface area contributed by atoms with E-state index < -0.39 is 5.69 Å². The molecule has 0 saturated carbocycles. The largest absolute Gasteiger partial charge is 0.332 e. The average Bonchev–Trinajstić information content (AvgIpc) is 3.15. The maximum absolute atomic E-state index is 12.9. The Morgan fingerprint density at radius 3 is 2.42 bits per heavy atom. The molecule has 0 amide bonds. The number of hydrogen-bond donors (Lipinski definition) is 1. The first-order valence-corrected chi connectivity index (χ1v) is 10.0. The fourth-order valence-corrected chi connectivity index (χ4v) is 3.45. The molecule has 1 N–H and O–H groups in total. The molecule has 4 aromatic rings. The second-order valence-electron chi connectivity index (χ2n) is 7.48. The Balaban J connectivity index is 1.74. The van der Waals surface area contributed by atoms with Crippen molar-refractivity contribution >= 4 is 23.3 Å². The molecule has 31 heavy (non-hydrogen) atoms. The number of nitrogens with one attached hydrogen (secondary N) is 1. The lowest BCUT2D eigenvalue weighted by Gasteiger charge is -2.09. The van der Waals surface area contributed by atoms with E-state index in [0.717, 1.165) is 15.7 Å². The summed E-state index contributed by atoms with van der Waals surface area (Å²) in [6.45, 7) is 2.54. The summed E-state index contributed by atoms with van der Waals surface area (Å²) in [7, 11) is 3.08. The molecule has 0 atom stereocenters. The van der Waals surface area contributed by atoms with Crippen LogP contribution in [0.3, 0.4) is 0 Å².